The van der Waals surface area contributed by atoms with Gasteiger partial charge in [0.15, 0.2) is 0 Å². The molecule has 1 fully saturated rings. The zero-order valence-corrected chi connectivity index (χ0v) is 17.4. The van der Waals surface area contributed by atoms with Crippen molar-refractivity contribution in [3.8, 4) is 5.75 Å². The maximum absolute atomic E-state index is 12.6. The molecule has 0 spiro atoms. The number of carbonyl (C=O) groups is 1. The van der Waals surface area contributed by atoms with Crippen molar-refractivity contribution in [1.29, 1.82) is 0 Å². The lowest BCUT2D eigenvalue weighted by Gasteiger charge is -2.25. The third kappa shape index (κ3) is 6.08. The quantitative estimate of drug-likeness (QED) is 0.615. The maximum Gasteiger partial charge on any atom is 0.387 e. The van der Waals surface area contributed by atoms with Gasteiger partial charge in [-0.3, -0.25) is 4.79 Å². The molecule has 1 saturated heterocycles. The Labute approximate surface area is 177 Å². The van der Waals surface area contributed by atoms with Gasteiger partial charge in [0, 0.05) is 24.0 Å². The van der Waals surface area contributed by atoms with Gasteiger partial charge in [-0.25, -0.2) is 8.42 Å². The Morgan fingerprint density at radius 3 is 2.57 bits per heavy atom. The minimum atomic E-state index is -3.55. The molecule has 7 nitrogen and oxygen atoms in total. The van der Waals surface area contributed by atoms with Crippen molar-refractivity contribution in [2.45, 2.75) is 17.4 Å². The van der Waals surface area contributed by atoms with Crippen LogP contribution in [-0.4, -0.2) is 51.5 Å². The first kappa shape index (κ1) is 22.3. The highest BCUT2D eigenvalue weighted by molar-refractivity contribution is 7.91. The zero-order chi connectivity index (χ0) is 21.6. The fraction of sp³-hybridized carbons (Fsp3) is 0.316. The number of alkyl halides is 2. The van der Waals surface area contributed by atoms with Gasteiger partial charge in [0.2, 0.25) is 5.91 Å². The number of carbonyl (C=O) groups excluding carboxylic acids is 1. The first-order chi connectivity index (χ1) is 14.3. The number of benzene rings is 1. The summed E-state index contributed by atoms with van der Waals surface area (Å²) in [5.41, 5.74) is 0.641. The van der Waals surface area contributed by atoms with E-state index in [1.165, 1.54) is 34.7 Å². The largest absolute Gasteiger partial charge is 0.435 e. The van der Waals surface area contributed by atoms with Gasteiger partial charge in [-0.2, -0.15) is 13.1 Å². The summed E-state index contributed by atoms with van der Waals surface area (Å²) in [6.45, 7) is -1.30. The van der Waals surface area contributed by atoms with Crippen LogP contribution in [0, 0.1) is 0 Å². The van der Waals surface area contributed by atoms with E-state index < -0.39 is 16.6 Å². The van der Waals surface area contributed by atoms with Crippen molar-refractivity contribution >= 4 is 33.3 Å². The second kappa shape index (κ2) is 10.1. The van der Waals surface area contributed by atoms with Crippen LogP contribution >= 0.6 is 11.3 Å². The summed E-state index contributed by atoms with van der Waals surface area (Å²) in [6.07, 6.45) is 2.84. The van der Waals surface area contributed by atoms with E-state index in [0.717, 1.165) is 11.3 Å². The van der Waals surface area contributed by atoms with E-state index in [-0.39, 0.29) is 22.4 Å². The highest BCUT2D eigenvalue weighted by Gasteiger charge is 2.27. The lowest BCUT2D eigenvalue weighted by atomic mass is 10.2. The number of amides is 1. The van der Waals surface area contributed by atoms with E-state index in [0.29, 0.717) is 36.7 Å². The fourth-order valence-corrected chi connectivity index (χ4v) is 5.53. The minimum Gasteiger partial charge on any atom is -0.435 e. The normalized spacial score (nSPS) is 15.6. The number of sulfonamides is 1. The van der Waals surface area contributed by atoms with E-state index in [4.69, 9.17) is 4.74 Å². The third-order valence-corrected chi connectivity index (χ3v) is 7.62. The number of nitrogens with one attached hydrogen (secondary N) is 1. The molecular weight excluding hydrogens is 438 g/mol. The summed E-state index contributed by atoms with van der Waals surface area (Å²) in [5, 5.41) is 2.68. The smallest absolute Gasteiger partial charge is 0.387 e. The highest BCUT2D eigenvalue weighted by Crippen LogP contribution is 2.25. The molecule has 1 aromatic carbocycles. The number of hydrogen-bond acceptors (Lipinski definition) is 6. The Hall–Kier alpha value is -2.34. The predicted octanol–water partition coefficient (Wildman–Crippen LogP) is 2.70. The molecule has 0 aliphatic carbocycles. The molecule has 30 heavy (non-hydrogen) atoms. The monoisotopic (exact) mass is 458 g/mol. The molecule has 1 amide bonds. The summed E-state index contributed by atoms with van der Waals surface area (Å²) in [6, 6.07) is 9.06. The average molecular weight is 459 g/mol. The second-order valence-corrected chi connectivity index (χ2v) is 9.57. The van der Waals surface area contributed by atoms with E-state index in [1.54, 1.807) is 18.2 Å². The molecule has 1 aliphatic rings. The summed E-state index contributed by atoms with van der Waals surface area (Å²) < 4.78 is 60.6. The van der Waals surface area contributed by atoms with Crippen LogP contribution in [0.1, 0.15) is 10.4 Å². The summed E-state index contributed by atoms with van der Waals surface area (Å²) in [4.78, 5) is 12.7. The predicted molar refractivity (Wildman–Crippen MR) is 108 cm³/mol. The third-order valence-electron chi connectivity index (χ3n) is 4.17. The Bertz CT molecular complexity index is 985. The van der Waals surface area contributed by atoms with Crippen LogP contribution in [0.5, 0.6) is 5.75 Å². The average Bonchev–Trinajstić information content (AvgIpc) is 3.22. The van der Waals surface area contributed by atoms with Gasteiger partial charge >= 0.3 is 6.61 Å². The van der Waals surface area contributed by atoms with Crippen molar-refractivity contribution in [3.05, 3.63) is 52.9 Å². The molecule has 1 aliphatic heterocycles. The molecule has 2 heterocycles. The molecule has 1 aromatic heterocycles. The molecule has 3 rings (SSSR count). The van der Waals surface area contributed by atoms with Crippen LogP contribution in [0.4, 0.5) is 8.78 Å². The second-order valence-electron chi connectivity index (χ2n) is 6.24. The number of ether oxygens (including phenoxy) is 2. The molecule has 0 radical (unpaired) electrons. The SMILES string of the molecule is O=C(C=Cc1ccc(OC(F)F)cc1)NCc1ccc(S(=O)(=O)N2CCOCC2)s1. The van der Waals surface area contributed by atoms with Crippen molar-refractivity contribution in [2.24, 2.45) is 0 Å². The van der Waals surface area contributed by atoms with Gasteiger partial charge in [-0.15, -0.1) is 11.3 Å². The van der Waals surface area contributed by atoms with Crippen LogP contribution in [0.15, 0.2) is 46.7 Å². The van der Waals surface area contributed by atoms with Gasteiger partial charge in [-0.1, -0.05) is 12.1 Å². The van der Waals surface area contributed by atoms with Crippen LogP contribution in [-0.2, 0) is 26.1 Å². The van der Waals surface area contributed by atoms with Gasteiger partial charge < -0.3 is 14.8 Å². The topological polar surface area (TPSA) is 84.9 Å². The highest BCUT2D eigenvalue weighted by atomic mass is 32.2. The molecule has 0 atom stereocenters. The minimum absolute atomic E-state index is 0.0344. The molecular formula is C19H20F2N2O5S2. The van der Waals surface area contributed by atoms with Crippen LogP contribution in [0.25, 0.3) is 6.08 Å². The number of halogens is 2. The van der Waals surface area contributed by atoms with Gasteiger partial charge in [0.1, 0.15) is 9.96 Å². The summed E-state index contributed by atoms with van der Waals surface area (Å²) in [5.74, 6) is -0.332. The number of thiophene rings is 1. The Balaban J connectivity index is 1.52. The molecule has 0 bridgehead atoms. The number of morpholine rings is 1. The first-order valence-corrected chi connectivity index (χ1v) is 11.3. The molecule has 11 heteroatoms. The van der Waals surface area contributed by atoms with E-state index >= 15 is 0 Å². The molecule has 162 valence electrons. The van der Waals surface area contributed by atoms with Gasteiger partial charge in [0.05, 0.1) is 19.8 Å². The van der Waals surface area contributed by atoms with Gasteiger partial charge in [0.25, 0.3) is 10.0 Å². The van der Waals surface area contributed by atoms with Crippen molar-refractivity contribution < 1.29 is 31.5 Å². The number of hydrogen-bond donors (Lipinski definition) is 1. The molecule has 1 N–H and O–H groups in total. The number of rotatable bonds is 8. The molecule has 0 unspecified atom stereocenters. The summed E-state index contributed by atoms with van der Waals surface area (Å²) in [7, 11) is -3.55. The maximum atomic E-state index is 12.6. The van der Waals surface area contributed by atoms with Gasteiger partial charge in [-0.05, 0) is 35.9 Å². The lowest BCUT2D eigenvalue weighted by Crippen LogP contribution is -2.40. The Morgan fingerprint density at radius 2 is 1.90 bits per heavy atom. The molecule has 2 aromatic rings. The van der Waals surface area contributed by atoms with Crippen molar-refractivity contribution in [3.63, 3.8) is 0 Å². The standard InChI is InChI=1S/C19H20F2N2O5S2/c20-19(21)28-15-4-1-14(2-5-15)3-7-17(24)22-13-16-6-8-18(29-16)30(25,26)23-9-11-27-12-10-23/h1-8,19H,9-13H2,(H,22,24). The number of nitrogens with zero attached hydrogens (tertiary/aromatic N) is 1. The lowest BCUT2D eigenvalue weighted by molar-refractivity contribution is -0.116. The Morgan fingerprint density at radius 1 is 1.20 bits per heavy atom. The van der Waals surface area contributed by atoms with Crippen LogP contribution < -0.4 is 10.1 Å². The summed E-state index contributed by atoms with van der Waals surface area (Å²) >= 11 is 1.11. The zero-order valence-electron chi connectivity index (χ0n) is 15.8. The van der Waals surface area contributed by atoms with Crippen molar-refractivity contribution in [2.75, 3.05) is 26.3 Å². The molecule has 0 saturated carbocycles. The first-order valence-electron chi connectivity index (χ1n) is 9.02. The van der Waals surface area contributed by atoms with Crippen LogP contribution in [0.3, 0.4) is 0 Å². The van der Waals surface area contributed by atoms with Crippen LogP contribution in [0.2, 0.25) is 0 Å². The Kier molecular flexibility index (Phi) is 7.53. The fourth-order valence-electron chi connectivity index (χ4n) is 2.67. The van der Waals surface area contributed by atoms with Crippen molar-refractivity contribution in [1.82, 2.24) is 9.62 Å². The van der Waals surface area contributed by atoms with E-state index in [9.17, 15) is 22.0 Å². The van der Waals surface area contributed by atoms with E-state index in [2.05, 4.69) is 10.1 Å². The van der Waals surface area contributed by atoms with E-state index in [1.807, 2.05) is 0 Å².